The summed E-state index contributed by atoms with van der Waals surface area (Å²) in [4.78, 5) is 4.28. The van der Waals surface area contributed by atoms with E-state index >= 15 is 0 Å². The molecule has 2 atom stereocenters. The van der Waals surface area contributed by atoms with E-state index in [0.717, 1.165) is 6.42 Å². The third-order valence-electron chi connectivity index (χ3n) is 4.11. The van der Waals surface area contributed by atoms with E-state index in [-0.39, 0.29) is 5.54 Å². The molecule has 1 saturated carbocycles. The SMILES string of the molecule is CC1CCCCC1(CN)Nc1ncccc1C#N. The lowest BCUT2D eigenvalue weighted by atomic mass is 9.73. The molecule has 1 aliphatic carbocycles. The van der Waals surface area contributed by atoms with Gasteiger partial charge in [0.05, 0.1) is 11.1 Å². The number of rotatable bonds is 3. The molecule has 0 spiro atoms. The summed E-state index contributed by atoms with van der Waals surface area (Å²) in [6, 6.07) is 5.74. The molecular weight excluding hydrogens is 224 g/mol. The van der Waals surface area contributed by atoms with E-state index in [1.165, 1.54) is 19.3 Å². The van der Waals surface area contributed by atoms with Crippen LogP contribution in [0.15, 0.2) is 18.3 Å². The third kappa shape index (κ3) is 2.32. The van der Waals surface area contributed by atoms with Crippen LogP contribution in [0.4, 0.5) is 5.82 Å². The molecule has 1 fully saturated rings. The fraction of sp³-hybridized carbons (Fsp3) is 0.571. The van der Waals surface area contributed by atoms with Crippen LogP contribution < -0.4 is 11.1 Å². The number of nitrogens with one attached hydrogen (secondary N) is 1. The van der Waals surface area contributed by atoms with Gasteiger partial charge in [-0.25, -0.2) is 4.98 Å². The van der Waals surface area contributed by atoms with Crippen LogP contribution in [-0.2, 0) is 0 Å². The molecule has 1 aliphatic rings. The van der Waals surface area contributed by atoms with E-state index < -0.39 is 0 Å². The molecule has 1 heterocycles. The van der Waals surface area contributed by atoms with Gasteiger partial charge in [-0.1, -0.05) is 19.8 Å². The smallest absolute Gasteiger partial charge is 0.144 e. The van der Waals surface area contributed by atoms with Crippen molar-refractivity contribution in [2.45, 2.75) is 38.1 Å². The Hall–Kier alpha value is -1.60. The molecule has 1 aromatic rings. The van der Waals surface area contributed by atoms with Crippen LogP contribution in [0.25, 0.3) is 0 Å². The van der Waals surface area contributed by atoms with Crippen LogP contribution in [0.5, 0.6) is 0 Å². The number of pyridine rings is 1. The highest BCUT2D eigenvalue weighted by Gasteiger charge is 2.37. The monoisotopic (exact) mass is 244 g/mol. The molecule has 4 nitrogen and oxygen atoms in total. The van der Waals surface area contributed by atoms with Gasteiger partial charge in [0.1, 0.15) is 11.9 Å². The fourth-order valence-corrected chi connectivity index (χ4v) is 2.78. The van der Waals surface area contributed by atoms with Gasteiger partial charge in [-0.15, -0.1) is 0 Å². The normalized spacial score (nSPS) is 27.5. The summed E-state index contributed by atoms with van der Waals surface area (Å²) in [5.74, 6) is 1.17. The second-order valence-electron chi connectivity index (χ2n) is 5.14. The summed E-state index contributed by atoms with van der Waals surface area (Å²) in [5, 5.41) is 12.6. The number of anilines is 1. The number of nitrogens with two attached hydrogens (primary N) is 1. The van der Waals surface area contributed by atoms with Crippen LogP contribution in [0.1, 0.15) is 38.2 Å². The summed E-state index contributed by atoms with van der Waals surface area (Å²) >= 11 is 0. The number of nitrogens with zero attached hydrogens (tertiary/aromatic N) is 2. The number of aromatic nitrogens is 1. The van der Waals surface area contributed by atoms with Gasteiger partial charge in [0.25, 0.3) is 0 Å². The first-order valence-corrected chi connectivity index (χ1v) is 6.55. The Labute approximate surface area is 108 Å². The van der Waals surface area contributed by atoms with Crippen LogP contribution >= 0.6 is 0 Å². The Morgan fingerprint density at radius 1 is 1.61 bits per heavy atom. The van der Waals surface area contributed by atoms with E-state index in [0.29, 0.717) is 23.8 Å². The summed E-state index contributed by atoms with van der Waals surface area (Å²) in [6.45, 7) is 2.81. The van der Waals surface area contributed by atoms with Crippen LogP contribution in [-0.4, -0.2) is 17.1 Å². The van der Waals surface area contributed by atoms with Gasteiger partial charge in [0.2, 0.25) is 0 Å². The second-order valence-corrected chi connectivity index (χ2v) is 5.14. The van der Waals surface area contributed by atoms with E-state index in [1.807, 2.05) is 0 Å². The molecule has 2 unspecified atom stereocenters. The predicted octanol–water partition coefficient (Wildman–Crippen LogP) is 2.27. The fourth-order valence-electron chi connectivity index (χ4n) is 2.78. The molecule has 4 heteroatoms. The van der Waals surface area contributed by atoms with Gasteiger partial charge in [-0.2, -0.15) is 5.26 Å². The molecule has 0 aromatic carbocycles. The topological polar surface area (TPSA) is 74.7 Å². The molecule has 0 amide bonds. The average Bonchev–Trinajstić information content (AvgIpc) is 2.42. The standard InChI is InChI=1S/C14H20N4/c1-11-5-2-3-7-14(11,10-16)18-13-12(9-15)6-4-8-17-13/h4,6,8,11H,2-3,5,7,10,16H2,1H3,(H,17,18). The van der Waals surface area contributed by atoms with Gasteiger partial charge in [0, 0.05) is 12.7 Å². The molecule has 2 rings (SSSR count). The van der Waals surface area contributed by atoms with Crippen molar-refractivity contribution in [3.63, 3.8) is 0 Å². The highest BCUT2D eigenvalue weighted by atomic mass is 15.1. The minimum atomic E-state index is -0.113. The molecule has 3 N–H and O–H groups in total. The first-order chi connectivity index (χ1) is 8.72. The van der Waals surface area contributed by atoms with Gasteiger partial charge < -0.3 is 11.1 Å². The number of hydrogen-bond donors (Lipinski definition) is 2. The molecule has 18 heavy (non-hydrogen) atoms. The first-order valence-electron chi connectivity index (χ1n) is 6.55. The van der Waals surface area contributed by atoms with Crippen LogP contribution in [0.2, 0.25) is 0 Å². The third-order valence-corrected chi connectivity index (χ3v) is 4.11. The minimum Gasteiger partial charge on any atom is -0.362 e. The van der Waals surface area contributed by atoms with Crippen molar-refractivity contribution in [3.05, 3.63) is 23.9 Å². The van der Waals surface area contributed by atoms with Crippen LogP contribution in [0, 0.1) is 17.2 Å². The summed E-state index contributed by atoms with van der Waals surface area (Å²) < 4.78 is 0. The zero-order valence-corrected chi connectivity index (χ0v) is 10.8. The van der Waals surface area contributed by atoms with Gasteiger partial charge in [0.15, 0.2) is 0 Å². The van der Waals surface area contributed by atoms with E-state index in [1.54, 1.807) is 18.3 Å². The van der Waals surface area contributed by atoms with Crippen molar-refractivity contribution in [3.8, 4) is 6.07 Å². The summed E-state index contributed by atoms with van der Waals surface area (Å²) in [7, 11) is 0. The lowest BCUT2D eigenvalue weighted by Gasteiger charge is -2.43. The Morgan fingerprint density at radius 3 is 3.11 bits per heavy atom. The second kappa shape index (κ2) is 5.36. The molecular formula is C14H20N4. The lowest BCUT2D eigenvalue weighted by molar-refractivity contribution is 0.235. The van der Waals surface area contributed by atoms with Crippen molar-refractivity contribution in [1.82, 2.24) is 4.98 Å². The zero-order chi connectivity index (χ0) is 13.0. The van der Waals surface area contributed by atoms with Gasteiger partial charge in [-0.05, 0) is 30.9 Å². The maximum absolute atomic E-state index is 9.11. The lowest BCUT2D eigenvalue weighted by Crippen LogP contribution is -2.52. The Balaban J connectivity index is 2.27. The molecule has 1 aromatic heterocycles. The van der Waals surface area contributed by atoms with Crippen molar-refractivity contribution in [2.24, 2.45) is 11.7 Å². The molecule has 0 aliphatic heterocycles. The quantitative estimate of drug-likeness (QED) is 0.855. The van der Waals surface area contributed by atoms with Crippen molar-refractivity contribution >= 4 is 5.82 Å². The average molecular weight is 244 g/mol. The van der Waals surface area contributed by atoms with Crippen molar-refractivity contribution in [1.29, 1.82) is 5.26 Å². The Morgan fingerprint density at radius 2 is 2.44 bits per heavy atom. The number of hydrogen-bond acceptors (Lipinski definition) is 4. The van der Waals surface area contributed by atoms with Crippen molar-refractivity contribution < 1.29 is 0 Å². The van der Waals surface area contributed by atoms with E-state index in [9.17, 15) is 0 Å². The maximum Gasteiger partial charge on any atom is 0.144 e. The van der Waals surface area contributed by atoms with E-state index in [4.69, 9.17) is 11.0 Å². The molecule has 96 valence electrons. The zero-order valence-electron chi connectivity index (χ0n) is 10.8. The van der Waals surface area contributed by atoms with Crippen LogP contribution in [0.3, 0.4) is 0 Å². The molecule has 0 bridgehead atoms. The maximum atomic E-state index is 9.11. The number of nitriles is 1. The summed E-state index contributed by atoms with van der Waals surface area (Å²) in [5.41, 5.74) is 6.47. The van der Waals surface area contributed by atoms with Gasteiger partial charge >= 0.3 is 0 Å². The Kier molecular flexibility index (Phi) is 3.83. The highest BCUT2D eigenvalue weighted by Crippen LogP contribution is 2.35. The minimum absolute atomic E-state index is 0.113. The largest absolute Gasteiger partial charge is 0.362 e. The molecule has 0 saturated heterocycles. The summed E-state index contributed by atoms with van der Waals surface area (Å²) in [6.07, 6.45) is 6.38. The molecule has 0 radical (unpaired) electrons. The van der Waals surface area contributed by atoms with E-state index in [2.05, 4.69) is 23.3 Å². The van der Waals surface area contributed by atoms with Gasteiger partial charge in [-0.3, -0.25) is 0 Å². The van der Waals surface area contributed by atoms with Crippen molar-refractivity contribution in [2.75, 3.05) is 11.9 Å². The predicted molar refractivity (Wildman–Crippen MR) is 72.0 cm³/mol. The first kappa shape index (κ1) is 12.8. The highest BCUT2D eigenvalue weighted by molar-refractivity contribution is 5.53. The Bertz CT molecular complexity index is 451.